The highest BCUT2D eigenvalue weighted by molar-refractivity contribution is 5.89. The predicted octanol–water partition coefficient (Wildman–Crippen LogP) is 4.16. The summed E-state index contributed by atoms with van der Waals surface area (Å²) in [6.07, 6.45) is 12.8. The van der Waals surface area contributed by atoms with Crippen LogP contribution in [0.4, 0.5) is 0 Å². The highest BCUT2D eigenvalue weighted by Gasteiger charge is 2.25. The molecule has 0 unspecified atom stereocenters. The highest BCUT2D eigenvalue weighted by Crippen LogP contribution is 2.40. The van der Waals surface area contributed by atoms with Crippen LogP contribution in [-0.2, 0) is 22.4 Å². The normalized spacial score (nSPS) is 20.4. The lowest BCUT2D eigenvalue weighted by Crippen LogP contribution is -2.26. The molecule has 8 heteroatoms. The van der Waals surface area contributed by atoms with Crippen molar-refractivity contribution >= 4 is 11.7 Å². The molecule has 6 N–H and O–H groups in total. The van der Waals surface area contributed by atoms with Crippen molar-refractivity contribution in [3.63, 3.8) is 0 Å². The molecule has 1 aromatic carbocycles. The van der Waals surface area contributed by atoms with Crippen LogP contribution < -0.4 is 16.2 Å². The van der Waals surface area contributed by atoms with Crippen LogP contribution in [-0.4, -0.2) is 54.4 Å². The van der Waals surface area contributed by atoms with Gasteiger partial charge in [-0.15, -0.1) is 0 Å². The van der Waals surface area contributed by atoms with Crippen LogP contribution in [0.25, 0.3) is 0 Å². The first kappa shape index (κ1) is 31.5. The fourth-order valence-electron chi connectivity index (χ4n) is 5.65. The third kappa shape index (κ3) is 9.57. The van der Waals surface area contributed by atoms with Gasteiger partial charge < -0.3 is 31.2 Å². The number of nitrogens with two attached hydrogens (primary N) is 2. The number of hydrogen-bond acceptors (Lipinski definition) is 6. The van der Waals surface area contributed by atoms with Gasteiger partial charge in [0, 0.05) is 44.3 Å². The van der Waals surface area contributed by atoms with E-state index in [4.69, 9.17) is 20.9 Å². The van der Waals surface area contributed by atoms with Gasteiger partial charge >= 0.3 is 0 Å². The minimum absolute atomic E-state index is 0.0226. The molecule has 0 radical (unpaired) electrons. The Kier molecular flexibility index (Phi) is 12.8. The number of aliphatic hydroxyl groups excluding tert-OH is 1. The van der Waals surface area contributed by atoms with Gasteiger partial charge in [-0.25, -0.2) is 4.99 Å². The Balaban J connectivity index is 1.98. The highest BCUT2D eigenvalue weighted by atomic mass is 16.5. The summed E-state index contributed by atoms with van der Waals surface area (Å²) >= 11 is 0. The number of benzene rings is 1. The third-order valence-corrected chi connectivity index (χ3v) is 7.95. The number of carbonyl (C=O) groups is 1. The molecule has 0 bridgehead atoms. The average Bonchev–Trinajstić information content (AvgIpc) is 3.44. The largest absolute Gasteiger partial charge is 0.504 e. The number of rotatable bonds is 13. The van der Waals surface area contributed by atoms with E-state index >= 15 is 0 Å². The van der Waals surface area contributed by atoms with Crippen LogP contribution in [0.3, 0.4) is 0 Å². The third-order valence-electron chi connectivity index (χ3n) is 7.95. The molecule has 0 aromatic heterocycles. The number of methoxy groups -OCH3 is 1. The summed E-state index contributed by atoms with van der Waals surface area (Å²) in [5, 5.41) is 20.7. The minimum Gasteiger partial charge on any atom is -0.504 e. The van der Waals surface area contributed by atoms with E-state index in [2.05, 4.69) is 16.8 Å². The summed E-state index contributed by atoms with van der Waals surface area (Å²) in [7, 11) is 1.68. The molecular weight excluding hydrogens is 506 g/mol. The topological polar surface area (TPSA) is 140 Å². The minimum atomic E-state index is -0.113. The number of guanidine groups is 1. The SMILES string of the molecule is CC[C@H](C=CC(=O)CCc1cc(OC2CCCC2)c(O)c2c1C#CC[C@H](N=C(N)N)CC[C@H](COC)C2)CCO. The molecule has 1 fully saturated rings. The zero-order valence-corrected chi connectivity index (χ0v) is 24.2. The van der Waals surface area contributed by atoms with E-state index < -0.39 is 0 Å². The number of aromatic hydroxyl groups is 1. The average molecular weight is 554 g/mol. The van der Waals surface area contributed by atoms with Crippen LogP contribution in [0.15, 0.2) is 23.2 Å². The van der Waals surface area contributed by atoms with E-state index in [0.29, 0.717) is 44.5 Å². The molecule has 40 heavy (non-hydrogen) atoms. The summed E-state index contributed by atoms with van der Waals surface area (Å²) in [6.45, 7) is 2.68. The van der Waals surface area contributed by atoms with Crippen LogP contribution in [0.5, 0.6) is 11.5 Å². The molecule has 2 aliphatic carbocycles. The van der Waals surface area contributed by atoms with Gasteiger partial charge in [0.1, 0.15) is 0 Å². The van der Waals surface area contributed by atoms with Crippen LogP contribution >= 0.6 is 0 Å². The second-order valence-electron chi connectivity index (χ2n) is 11.1. The Labute approximate surface area is 239 Å². The molecule has 1 aromatic rings. The summed E-state index contributed by atoms with van der Waals surface area (Å²) in [5.41, 5.74) is 13.8. The quantitative estimate of drug-likeness (QED) is 0.124. The lowest BCUT2D eigenvalue weighted by Gasteiger charge is -2.24. The van der Waals surface area contributed by atoms with Crippen molar-refractivity contribution < 1.29 is 24.5 Å². The second-order valence-corrected chi connectivity index (χ2v) is 11.1. The number of ether oxygens (including phenoxy) is 2. The number of nitrogens with zero attached hydrogens (tertiary/aromatic N) is 1. The number of phenolic OH excluding ortho intramolecular Hbond substituents is 1. The number of ketones is 1. The second kappa shape index (κ2) is 16.3. The van der Waals surface area contributed by atoms with E-state index in [1.54, 1.807) is 13.2 Å². The van der Waals surface area contributed by atoms with Crippen molar-refractivity contribution in [2.24, 2.45) is 28.3 Å². The zero-order chi connectivity index (χ0) is 28.9. The predicted molar refractivity (Wildman–Crippen MR) is 158 cm³/mol. The van der Waals surface area contributed by atoms with Gasteiger partial charge in [-0.1, -0.05) is 24.8 Å². The van der Waals surface area contributed by atoms with Crippen molar-refractivity contribution in [1.29, 1.82) is 0 Å². The number of aliphatic imine (C=N–C) groups is 1. The number of allylic oxidation sites excluding steroid dienone is 2. The number of aryl methyl sites for hydroxylation is 1. The zero-order valence-electron chi connectivity index (χ0n) is 24.2. The van der Waals surface area contributed by atoms with Gasteiger partial charge in [0.05, 0.1) is 12.1 Å². The Morgan fingerprint density at radius 2 is 2.02 bits per heavy atom. The number of phenols is 1. The summed E-state index contributed by atoms with van der Waals surface area (Å²) in [6, 6.07) is 1.76. The number of carbonyl (C=O) groups excluding carboxylic acids is 1. The number of fused-ring (bicyclic) bond motifs is 1. The maximum Gasteiger partial charge on any atom is 0.186 e. The molecule has 3 atom stereocenters. The molecular formula is C32H47N3O5. The first-order valence-electron chi connectivity index (χ1n) is 14.8. The number of hydrogen-bond donors (Lipinski definition) is 4. The summed E-state index contributed by atoms with van der Waals surface area (Å²) in [4.78, 5) is 17.2. The monoisotopic (exact) mass is 553 g/mol. The van der Waals surface area contributed by atoms with Gasteiger partial charge in [-0.3, -0.25) is 4.79 Å². The fraction of sp³-hybridized carbons (Fsp3) is 0.625. The molecule has 0 spiro atoms. The van der Waals surface area contributed by atoms with Gasteiger partial charge in [-0.2, -0.15) is 0 Å². The standard InChI is InChI=1S/C32H47N3O5/c1-3-22(17-18-36)12-15-26(37)16-13-24-20-30(40-27-8-4-5-9-27)31(38)29-19-23(21-39-2)11-14-25(35-32(33)34)7-6-10-28(24)29/h12,15,20,22-23,25,27,36,38H,3-5,7-9,11,13-14,16-19,21H2,1-2H3,(H4,33,34,35)/t22-,23+,25+/m1/s1. The van der Waals surface area contributed by atoms with Crippen molar-refractivity contribution in [1.82, 2.24) is 0 Å². The molecule has 0 heterocycles. The fourth-order valence-corrected chi connectivity index (χ4v) is 5.65. The Morgan fingerprint density at radius 1 is 1.25 bits per heavy atom. The lowest BCUT2D eigenvalue weighted by molar-refractivity contribution is -0.114. The van der Waals surface area contributed by atoms with Gasteiger partial charge in [0.25, 0.3) is 0 Å². The van der Waals surface area contributed by atoms with Crippen LogP contribution in [0.2, 0.25) is 0 Å². The molecule has 3 rings (SSSR count). The van der Waals surface area contributed by atoms with Crippen molar-refractivity contribution in [3.8, 4) is 23.3 Å². The summed E-state index contributed by atoms with van der Waals surface area (Å²) < 4.78 is 11.9. The van der Waals surface area contributed by atoms with Crippen molar-refractivity contribution in [2.45, 2.75) is 96.1 Å². The molecule has 220 valence electrons. The maximum absolute atomic E-state index is 12.8. The van der Waals surface area contributed by atoms with E-state index in [-0.39, 0.29) is 48.1 Å². The Hall–Kier alpha value is -3.02. The smallest absolute Gasteiger partial charge is 0.186 e. The molecule has 0 aliphatic heterocycles. The van der Waals surface area contributed by atoms with E-state index in [1.165, 1.54) is 0 Å². The van der Waals surface area contributed by atoms with E-state index in [9.17, 15) is 15.0 Å². The van der Waals surface area contributed by atoms with Crippen LogP contribution in [0.1, 0.15) is 87.8 Å². The van der Waals surface area contributed by atoms with Crippen LogP contribution in [0, 0.1) is 23.7 Å². The van der Waals surface area contributed by atoms with Gasteiger partial charge in [0.15, 0.2) is 23.2 Å². The van der Waals surface area contributed by atoms with Gasteiger partial charge in [-0.05, 0) is 93.7 Å². The lowest BCUT2D eigenvalue weighted by atomic mass is 9.86. The molecule has 0 amide bonds. The molecule has 0 saturated heterocycles. The molecule has 8 nitrogen and oxygen atoms in total. The Bertz CT molecular complexity index is 1090. The van der Waals surface area contributed by atoms with Crippen molar-refractivity contribution in [2.75, 3.05) is 20.3 Å². The molecule has 2 aliphatic rings. The van der Waals surface area contributed by atoms with E-state index in [1.807, 2.05) is 19.1 Å². The van der Waals surface area contributed by atoms with E-state index in [0.717, 1.165) is 61.6 Å². The summed E-state index contributed by atoms with van der Waals surface area (Å²) in [5.74, 6) is 7.57. The first-order chi connectivity index (χ1) is 19.3. The molecule has 1 saturated carbocycles. The number of aliphatic hydroxyl groups is 1. The maximum atomic E-state index is 12.8. The Morgan fingerprint density at radius 3 is 2.70 bits per heavy atom. The first-order valence-corrected chi connectivity index (χ1v) is 14.8. The van der Waals surface area contributed by atoms with Crippen molar-refractivity contribution in [3.05, 3.63) is 34.9 Å². The van der Waals surface area contributed by atoms with Gasteiger partial charge in [0.2, 0.25) is 0 Å².